The molecule has 310 valence electrons. The zero-order valence-electron chi connectivity index (χ0n) is 36.1. The minimum absolute atomic E-state index is 0.725. The van der Waals surface area contributed by atoms with Gasteiger partial charge in [-0.2, -0.15) is 0 Å². The molecule has 1 aliphatic carbocycles. The first-order chi connectivity index (χ1) is 32.8. The van der Waals surface area contributed by atoms with Crippen LogP contribution in [0.15, 0.2) is 259 Å². The van der Waals surface area contributed by atoms with E-state index >= 15 is 0 Å². The highest BCUT2D eigenvalue weighted by Crippen LogP contribution is 2.59. The van der Waals surface area contributed by atoms with Gasteiger partial charge in [-0.1, -0.05) is 206 Å². The predicted molar refractivity (Wildman–Crippen MR) is 275 cm³/mol. The molecule has 0 saturated carbocycles. The van der Waals surface area contributed by atoms with Crippen molar-refractivity contribution in [2.45, 2.75) is 5.41 Å². The molecule has 0 spiro atoms. The van der Waals surface area contributed by atoms with Crippen molar-refractivity contribution in [1.29, 1.82) is 0 Å². The smallest absolute Gasteiger partial charge is 0.160 e. The highest BCUT2D eigenvalue weighted by atomic mass is 16.3. The molecule has 0 unspecified atom stereocenters. The van der Waals surface area contributed by atoms with Gasteiger partial charge in [-0.15, -0.1) is 0 Å². The Balaban J connectivity index is 1.24. The molecular formula is C63H42N2O. The standard InChI is InChI=1S/C63H42N2O/c1-5-25-45(26-6-1)63(46-27-7-2-8-28-46)53-36-18-17-35-51(53)52-39-41-57(64(47-29-9-3-10-30-47)55-37-19-23-43-21-13-15-33-49(43)55)61-59(52)60-54(63)40-42-58(62(60)66-61)65(48-31-11-4-12-32-48)56-38-20-24-44-22-14-16-34-50(44)56/h1-42H. The third-order valence-corrected chi connectivity index (χ3v) is 13.7. The van der Waals surface area contributed by atoms with E-state index in [1.54, 1.807) is 0 Å². The van der Waals surface area contributed by atoms with Gasteiger partial charge >= 0.3 is 0 Å². The summed E-state index contributed by atoms with van der Waals surface area (Å²) in [7, 11) is 0. The third kappa shape index (κ3) is 5.63. The number of furan rings is 1. The van der Waals surface area contributed by atoms with Crippen LogP contribution in [0.25, 0.3) is 54.6 Å². The van der Waals surface area contributed by atoms with Gasteiger partial charge in [0.1, 0.15) is 0 Å². The maximum Gasteiger partial charge on any atom is 0.160 e. The highest BCUT2D eigenvalue weighted by molar-refractivity contribution is 6.23. The van der Waals surface area contributed by atoms with Crippen molar-refractivity contribution >= 4 is 77.6 Å². The number of benzene rings is 11. The summed E-state index contributed by atoms with van der Waals surface area (Å²) in [6, 6.07) is 92.4. The summed E-state index contributed by atoms with van der Waals surface area (Å²) in [5.74, 6) is 0. The van der Waals surface area contributed by atoms with Gasteiger partial charge < -0.3 is 14.2 Å². The average molecular weight is 843 g/mol. The van der Waals surface area contributed by atoms with Crippen LogP contribution in [0.4, 0.5) is 34.1 Å². The Morgan fingerprint density at radius 1 is 0.288 bits per heavy atom. The van der Waals surface area contributed by atoms with E-state index in [-0.39, 0.29) is 0 Å². The molecule has 12 aromatic rings. The Morgan fingerprint density at radius 3 is 1.29 bits per heavy atom. The molecule has 0 radical (unpaired) electrons. The summed E-state index contributed by atoms with van der Waals surface area (Å²) in [6.45, 7) is 0. The van der Waals surface area contributed by atoms with E-state index in [2.05, 4.69) is 265 Å². The number of anilines is 6. The number of fused-ring (bicyclic) bond motifs is 4. The second kappa shape index (κ2) is 15.3. The fraction of sp³-hybridized carbons (Fsp3) is 0.0159. The van der Waals surface area contributed by atoms with Crippen molar-refractivity contribution in [2.24, 2.45) is 0 Å². The molecule has 66 heavy (non-hydrogen) atoms. The van der Waals surface area contributed by atoms with Crippen LogP contribution < -0.4 is 9.80 Å². The number of rotatable bonds is 8. The van der Waals surface area contributed by atoms with Gasteiger partial charge in [0.25, 0.3) is 0 Å². The van der Waals surface area contributed by atoms with Crippen molar-refractivity contribution in [3.8, 4) is 11.1 Å². The first kappa shape index (κ1) is 37.9. The third-order valence-electron chi connectivity index (χ3n) is 13.7. The van der Waals surface area contributed by atoms with Gasteiger partial charge in [0.15, 0.2) is 11.2 Å². The fourth-order valence-corrected chi connectivity index (χ4v) is 11.0. The molecule has 1 heterocycles. The zero-order valence-corrected chi connectivity index (χ0v) is 36.1. The van der Waals surface area contributed by atoms with Gasteiger partial charge in [-0.25, -0.2) is 0 Å². The van der Waals surface area contributed by atoms with Crippen molar-refractivity contribution in [2.75, 3.05) is 9.80 Å². The summed E-state index contributed by atoms with van der Waals surface area (Å²) in [5, 5.41) is 6.85. The Labute approximate surface area is 383 Å². The average Bonchev–Trinajstić information content (AvgIpc) is 3.76. The van der Waals surface area contributed by atoms with Gasteiger partial charge in [-0.3, -0.25) is 0 Å². The SMILES string of the molecule is c1ccc(N(c2cccc3ccccc23)c2ccc3c4c2oc2c(N(c5ccccc5)c5cccc6ccccc56)ccc(c24)C(c2ccccc2)(c2ccccc2)c2ccccc2-3)cc1. The van der Waals surface area contributed by atoms with Crippen LogP contribution in [0.2, 0.25) is 0 Å². The van der Waals surface area contributed by atoms with E-state index in [9.17, 15) is 0 Å². The van der Waals surface area contributed by atoms with Crippen molar-refractivity contribution < 1.29 is 4.42 Å². The Hall–Kier alpha value is -8.66. The molecule has 0 bridgehead atoms. The van der Waals surface area contributed by atoms with Crippen LogP contribution in [0.5, 0.6) is 0 Å². The van der Waals surface area contributed by atoms with Crippen LogP contribution in [0, 0.1) is 0 Å². The lowest BCUT2D eigenvalue weighted by molar-refractivity contribution is 0.667. The minimum atomic E-state index is -0.725. The number of hydrogen-bond donors (Lipinski definition) is 0. The molecular weight excluding hydrogens is 801 g/mol. The molecule has 1 aliphatic rings. The van der Waals surface area contributed by atoms with Gasteiger partial charge in [0.2, 0.25) is 0 Å². The molecule has 0 N–H and O–H groups in total. The van der Waals surface area contributed by atoms with Crippen molar-refractivity contribution in [3.63, 3.8) is 0 Å². The van der Waals surface area contributed by atoms with E-state index in [1.165, 1.54) is 38.6 Å². The van der Waals surface area contributed by atoms with Gasteiger partial charge in [0.05, 0.1) is 28.2 Å². The molecule has 0 aliphatic heterocycles. The molecule has 3 nitrogen and oxygen atoms in total. The minimum Gasteiger partial charge on any atom is -0.452 e. The second-order valence-corrected chi connectivity index (χ2v) is 17.1. The number of para-hydroxylation sites is 2. The summed E-state index contributed by atoms with van der Waals surface area (Å²) in [4.78, 5) is 4.79. The van der Waals surface area contributed by atoms with Gasteiger partial charge in [0, 0.05) is 32.9 Å². The van der Waals surface area contributed by atoms with Crippen LogP contribution in [0.1, 0.15) is 22.3 Å². The van der Waals surface area contributed by atoms with Crippen LogP contribution in [0.3, 0.4) is 0 Å². The summed E-state index contributed by atoms with van der Waals surface area (Å²) >= 11 is 0. The Morgan fingerprint density at radius 2 is 0.727 bits per heavy atom. The number of nitrogens with zero attached hydrogens (tertiary/aromatic N) is 2. The van der Waals surface area contributed by atoms with Crippen molar-refractivity contribution in [1.82, 2.24) is 0 Å². The zero-order chi connectivity index (χ0) is 43.6. The van der Waals surface area contributed by atoms with E-state index in [4.69, 9.17) is 4.42 Å². The maximum atomic E-state index is 7.84. The molecule has 1 aromatic heterocycles. The quantitative estimate of drug-likeness (QED) is 0.152. The van der Waals surface area contributed by atoms with Crippen LogP contribution in [-0.4, -0.2) is 0 Å². The lowest BCUT2D eigenvalue weighted by Crippen LogP contribution is -2.31. The molecule has 13 rings (SSSR count). The van der Waals surface area contributed by atoms with E-state index < -0.39 is 5.41 Å². The van der Waals surface area contributed by atoms with Crippen LogP contribution in [-0.2, 0) is 5.41 Å². The molecule has 11 aromatic carbocycles. The first-order valence-corrected chi connectivity index (χ1v) is 22.7. The highest BCUT2D eigenvalue weighted by Gasteiger charge is 2.45. The summed E-state index contributed by atoms with van der Waals surface area (Å²) in [5.41, 5.74) is 14.2. The predicted octanol–water partition coefficient (Wildman–Crippen LogP) is 17.2. The monoisotopic (exact) mass is 842 g/mol. The van der Waals surface area contributed by atoms with E-state index in [1.807, 2.05) is 0 Å². The lowest BCUT2D eigenvalue weighted by atomic mass is 9.63. The van der Waals surface area contributed by atoms with Gasteiger partial charge in [-0.05, 0) is 92.7 Å². The fourth-order valence-electron chi connectivity index (χ4n) is 11.0. The van der Waals surface area contributed by atoms with E-state index in [0.29, 0.717) is 0 Å². The molecule has 3 heteroatoms. The second-order valence-electron chi connectivity index (χ2n) is 17.1. The summed E-state index contributed by atoms with van der Waals surface area (Å²) in [6.07, 6.45) is 0. The number of hydrogen-bond acceptors (Lipinski definition) is 3. The lowest BCUT2D eigenvalue weighted by Gasteiger charge is -2.38. The Bertz CT molecular complexity index is 3720. The largest absolute Gasteiger partial charge is 0.452 e. The first-order valence-electron chi connectivity index (χ1n) is 22.7. The van der Waals surface area contributed by atoms with Crippen molar-refractivity contribution in [3.05, 3.63) is 277 Å². The normalized spacial score (nSPS) is 12.7. The maximum absolute atomic E-state index is 7.84. The summed E-state index contributed by atoms with van der Waals surface area (Å²) < 4.78 is 7.84. The molecule has 0 atom stereocenters. The molecule has 0 saturated heterocycles. The molecule has 0 fully saturated rings. The van der Waals surface area contributed by atoms with E-state index in [0.717, 1.165) is 72.4 Å². The Kier molecular flexibility index (Phi) is 8.75. The molecule has 0 amide bonds. The topological polar surface area (TPSA) is 19.6 Å². The van der Waals surface area contributed by atoms with Crippen LogP contribution >= 0.6 is 0 Å².